The van der Waals surface area contributed by atoms with Gasteiger partial charge in [0.25, 0.3) is 0 Å². The number of hydrogen-bond acceptors (Lipinski definition) is 2. The quantitative estimate of drug-likeness (QED) is 0.838. The standard InChI is InChI=1S/C13H16F4N2O/c1-7(2)5-10(18)12(20)19-11-6-8(13(15,16)17)3-4-9(11)14/h3-4,6-7,10H,5,18H2,1-2H3,(H,19,20). The van der Waals surface area contributed by atoms with Crippen LogP contribution in [0, 0.1) is 11.7 Å². The molecule has 1 amide bonds. The van der Waals surface area contributed by atoms with Crippen LogP contribution >= 0.6 is 0 Å². The van der Waals surface area contributed by atoms with Crippen molar-refractivity contribution in [2.75, 3.05) is 5.32 Å². The van der Waals surface area contributed by atoms with Crippen LogP contribution in [0.3, 0.4) is 0 Å². The van der Waals surface area contributed by atoms with E-state index < -0.39 is 35.2 Å². The van der Waals surface area contributed by atoms with Crippen LogP contribution in [0.1, 0.15) is 25.8 Å². The highest BCUT2D eigenvalue weighted by atomic mass is 19.4. The molecule has 20 heavy (non-hydrogen) atoms. The van der Waals surface area contributed by atoms with E-state index in [0.717, 1.165) is 0 Å². The van der Waals surface area contributed by atoms with Gasteiger partial charge in [-0.15, -0.1) is 0 Å². The summed E-state index contributed by atoms with van der Waals surface area (Å²) in [5.74, 6) is -1.51. The van der Waals surface area contributed by atoms with Crippen molar-refractivity contribution in [2.24, 2.45) is 11.7 Å². The normalized spacial score (nSPS) is 13.4. The minimum atomic E-state index is -4.60. The van der Waals surface area contributed by atoms with Gasteiger partial charge in [0.2, 0.25) is 5.91 Å². The Hall–Kier alpha value is -1.63. The van der Waals surface area contributed by atoms with Gasteiger partial charge in [-0.05, 0) is 30.5 Å². The monoisotopic (exact) mass is 292 g/mol. The van der Waals surface area contributed by atoms with Crippen LogP contribution in [0.25, 0.3) is 0 Å². The van der Waals surface area contributed by atoms with Crippen molar-refractivity contribution in [1.82, 2.24) is 0 Å². The van der Waals surface area contributed by atoms with Crippen molar-refractivity contribution in [3.63, 3.8) is 0 Å². The minimum absolute atomic E-state index is 0.141. The number of nitrogens with one attached hydrogen (secondary N) is 1. The molecule has 0 saturated carbocycles. The van der Waals surface area contributed by atoms with Crippen LogP contribution in [0.4, 0.5) is 23.2 Å². The molecule has 112 valence electrons. The molecule has 0 aromatic heterocycles. The lowest BCUT2D eigenvalue weighted by Crippen LogP contribution is -2.36. The number of halogens is 4. The first-order valence-electron chi connectivity index (χ1n) is 6.04. The molecule has 7 heteroatoms. The number of alkyl halides is 3. The fourth-order valence-electron chi connectivity index (χ4n) is 1.64. The summed E-state index contributed by atoms with van der Waals surface area (Å²) in [7, 11) is 0. The Kier molecular flexibility index (Phi) is 5.10. The van der Waals surface area contributed by atoms with E-state index in [0.29, 0.717) is 24.6 Å². The Morgan fingerprint density at radius 1 is 1.35 bits per heavy atom. The minimum Gasteiger partial charge on any atom is -0.322 e. The predicted octanol–water partition coefficient (Wildman–Crippen LogP) is 3.16. The molecule has 0 bridgehead atoms. The van der Waals surface area contributed by atoms with Crippen molar-refractivity contribution in [3.05, 3.63) is 29.6 Å². The first-order valence-corrected chi connectivity index (χ1v) is 6.04. The van der Waals surface area contributed by atoms with E-state index in [1.807, 2.05) is 13.8 Å². The Labute approximate surface area is 114 Å². The number of carbonyl (C=O) groups excluding carboxylic acids is 1. The molecule has 0 fully saturated rings. The zero-order chi connectivity index (χ0) is 15.5. The molecule has 0 saturated heterocycles. The van der Waals surface area contributed by atoms with Gasteiger partial charge in [-0.1, -0.05) is 13.8 Å². The van der Waals surface area contributed by atoms with E-state index in [4.69, 9.17) is 5.73 Å². The maximum Gasteiger partial charge on any atom is 0.416 e. The number of amides is 1. The van der Waals surface area contributed by atoms with E-state index in [-0.39, 0.29) is 5.92 Å². The molecule has 3 N–H and O–H groups in total. The molecule has 0 aliphatic heterocycles. The summed E-state index contributed by atoms with van der Waals surface area (Å²) in [4.78, 5) is 11.7. The van der Waals surface area contributed by atoms with Crippen molar-refractivity contribution in [3.8, 4) is 0 Å². The second kappa shape index (κ2) is 6.21. The van der Waals surface area contributed by atoms with Crippen molar-refractivity contribution in [2.45, 2.75) is 32.5 Å². The molecule has 1 unspecified atom stereocenters. The zero-order valence-corrected chi connectivity index (χ0v) is 11.1. The van der Waals surface area contributed by atoms with E-state index in [1.54, 1.807) is 0 Å². The number of hydrogen-bond donors (Lipinski definition) is 2. The number of carbonyl (C=O) groups is 1. The molecule has 0 aliphatic rings. The van der Waals surface area contributed by atoms with Gasteiger partial charge in [0.15, 0.2) is 0 Å². The summed E-state index contributed by atoms with van der Waals surface area (Å²) in [5.41, 5.74) is 4.02. The molecule has 1 rings (SSSR count). The van der Waals surface area contributed by atoms with E-state index in [9.17, 15) is 22.4 Å². The zero-order valence-electron chi connectivity index (χ0n) is 11.1. The Morgan fingerprint density at radius 3 is 2.45 bits per heavy atom. The van der Waals surface area contributed by atoms with Crippen molar-refractivity contribution < 1.29 is 22.4 Å². The Bertz CT molecular complexity index is 486. The molecule has 0 radical (unpaired) electrons. The number of benzene rings is 1. The first-order chi connectivity index (χ1) is 9.11. The molecule has 0 spiro atoms. The van der Waals surface area contributed by atoms with Gasteiger partial charge >= 0.3 is 6.18 Å². The lowest BCUT2D eigenvalue weighted by atomic mass is 10.0. The van der Waals surface area contributed by atoms with Crippen LogP contribution in [-0.4, -0.2) is 11.9 Å². The van der Waals surface area contributed by atoms with Crippen LogP contribution in [0.5, 0.6) is 0 Å². The summed E-state index contributed by atoms with van der Waals surface area (Å²) in [6.45, 7) is 3.69. The van der Waals surface area contributed by atoms with Gasteiger partial charge in [0.05, 0.1) is 17.3 Å². The third-order valence-electron chi connectivity index (χ3n) is 2.61. The lowest BCUT2D eigenvalue weighted by Gasteiger charge is -2.15. The average Bonchev–Trinajstić information content (AvgIpc) is 2.29. The fraction of sp³-hybridized carbons (Fsp3) is 0.462. The first kappa shape index (κ1) is 16.4. The number of anilines is 1. The molecular formula is C13H16F4N2O. The van der Waals surface area contributed by atoms with Gasteiger partial charge in [0.1, 0.15) is 5.82 Å². The van der Waals surface area contributed by atoms with Crippen LogP contribution in [-0.2, 0) is 11.0 Å². The molecule has 1 aromatic carbocycles. The maximum absolute atomic E-state index is 13.4. The second-order valence-corrected chi connectivity index (χ2v) is 4.92. The fourth-order valence-corrected chi connectivity index (χ4v) is 1.64. The molecular weight excluding hydrogens is 276 g/mol. The van der Waals surface area contributed by atoms with Gasteiger partial charge in [-0.3, -0.25) is 4.79 Å². The van der Waals surface area contributed by atoms with Crippen LogP contribution in [0.15, 0.2) is 18.2 Å². The predicted molar refractivity (Wildman–Crippen MR) is 67.5 cm³/mol. The highest BCUT2D eigenvalue weighted by Crippen LogP contribution is 2.31. The van der Waals surface area contributed by atoms with Crippen molar-refractivity contribution in [1.29, 1.82) is 0 Å². The van der Waals surface area contributed by atoms with Crippen LogP contribution in [0.2, 0.25) is 0 Å². The maximum atomic E-state index is 13.4. The highest BCUT2D eigenvalue weighted by Gasteiger charge is 2.31. The van der Waals surface area contributed by atoms with E-state index in [2.05, 4.69) is 5.32 Å². The highest BCUT2D eigenvalue weighted by molar-refractivity contribution is 5.94. The van der Waals surface area contributed by atoms with Gasteiger partial charge in [-0.2, -0.15) is 13.2 Å². The van der Waals surface area contributed by atoms with Crippen molar-refractivity contribution >= 4 is 11.6 Å². The molecule has 1 atom stereocenters. The summed E-state index contributed by atoms with van der Waals surface area (Å²) in [5, 5.41) is 2.09. The van der Waals surface area contributed by atoms with E-state index >= 15 is 0 Å². The van der Waals surface area contributed by atoms with Crippen LogP contribution < -0.4 is 11.1 Å². The Morgan fingerprint density at radius 2 is 1.95 bits per heavy atom. The third kappa shape index (κ3) is 4.48. The van der Waals surface area contributed by atoms with Gasteiger partial charge in [0, 0.05) is 0 Å². The second-order valence-electron chi connectivity index (χ2n) is 4.92. The number of nitrogens with two attached hydrogens (primary N) is 1. The molecule has 0 aliphatic carbocycles. The summed E-state index contributed by atoms with van der Waals surface area (Å²) in [6, 6.07) is 0.921. The third-order valence-corrected chi connectivity index (χ3v) is 2.61. The summed E-state index contributed by atoms with van der Waals surface area (Å²) < 4.78 is 50.9. The molecule has 0 heterocycles. The molecule has 3 nitrogen and oxygen atoms in total. The molecule has 1 aromatic rings. The Balaban J connectivity index is 2.89. The summed E-state index contributed by atoms with van der Waals surface area (Å²) >= 11 is 0. The van der Waals surface area contributed by atoms with E-state index in [1.165, 1.54) is 0 Å². The summed E-state index contributed by atoms with van der Waals surface area (Å²) in [6.07, 6.45) is -4.25. The average molecular weight is 292 g/mol. The smallest absolute Gasteiger partial charge is 0.322 e. The lowest BCUT2D eigenvalue weighted by molar-refractivity contribution is -0.137. The topological polar surface area (TPSA) is 55.1 Å². The van der Waals surface area contributed by atoms with Gasteiger partial charge < -0.3 is 11.1 Å². The SMILES string of the molecule is CC(C)CC(N)C(=O)Nc1cc(C(F)(F)F)ccc1F. The largest absolute Gasteiger partial charge is 0.416 e. The van der Waals surface area contributed by atoms with Gasteiger partial charge in [-0.25, -0.2) is 4.39 Å². The number of rotatable bonds is 4.